The first-order chi connectivity index (χ1) is 15.8. The number of pyridine rings is 2. The van der Waals surface area contributed by atoms with Crippen molar-refractivity contribution in [2.75, 3.05) is 41.7 Å². The molecule has 2 aromatic heterocycles. The van der Waals surface area contributed by atoms with Crippen molar-refractivity contribution < 1.29 is 47.6 Å². The minimum absolute atomic E-state index is 0.117. The monoisotopic (exact) mass is 462 g/mol. The first-order valence-electron chi connectivity index (χ1n) is 9.46. The zero-order valence-corrected chi connectivity index (χ0v) is 18.4. The first kappa shape index (κ1) is 25.0. The van der Waals surface area contributed by atoms with Gasteiger partial charge in [-0.25, -0.2) is 29.1 Å². The third kappa shape index (κ3) is 6.89. The molecule has 12 heteroatoms. The molecular formula is C21H22N2O10. The SMILES string of the molecule is COC(=O)c1cc(OCCCOc2cc(C(=O)OC)nc(C(=O)OC)c2)cc(C(=O)OC)n1. The van der Waals surface area contributed by atoms with Crippen molar-refractivity contribution in [1.29, 1.82) is 0 Å². The van der Waals surface area contributed by atoms with Gasteiger partial charge in [0.15, 0.2) is 22.8 Å². The number of hydrogen-bond acceptors (Lipinski definition) is 12. The molecule has 0 unspecified atom stereocenters. The van der Waals surface area contributed by atoms with Gasteiger partial charge in [-0.2, -0.15) is 0 Å². The Labute approximate surface area is 188 Å². The molecule has 0 fully saturated rings. The molecule has 0 amide bonds. The average molecular weight is 462 g/mol. The number of hydrogen-bond donors (Lipinski definition) is 0. The summed E-state index contributed by atoms with van der Waals surface area (Å²) in [5.41, 5.74) is -0.466. The molecule has 0 bridgehead atoms. The minimum atomic E-state index is -0.741. The smallest absolute Gasteiger partial charge is 0.356 e. The lowest BCUT2D eigenvalue weighted by atomic mass is 10.2. The van der Waals surface area contributed by atoms with Crippen LogP contribution in [-0.4, -0.2) is 75.5 Å². The third-order valence-electron chi connectivity index (χ3n) is 4.00. The van der Waals surface area contributed by atoms with Crippen LogP contribution in [0.4, 0.5) is 0 Å². The summed E-state index contributed by atoms with van der Waals surface area (Å²) >= 11 is 0. The van der Waals surface area contributed by atoms with Crippen molar-refractivity contribution in [2.24, 2.45) is 0 Å². The lowest BCUT2D eigenvalue weighted by Gasteiger charge is -2.11. The zero-order valence-electron chi connectivity index (χ0n) is 18.4. The summed E-state index contributed by atoms with van der Waals surface area (Å²) in [6.45, 7) is 0.286. The summed E-state index contributed by atoms with van der Waals surface area (Å²) in [5.74, 6) is -2.56. The van der Waals surface area contributed by atoms with Crippen molar-refractivity contribution in [1.82, 2.24) is 9.97 Å². The Morgan fingerprint density at radius 1 is 0.576 bits per heavy atom. The molecular weight excluding hydrogens is 440 g/mol. The Balaban J connectivity index is 2.03. The molecule has 2 heterocycles. The van der Waals surface area contributed by atoms with E-state index in [1.54, 1.807) is 0 Å². The van der Waals surface area contributed by atoms with E-state index in [4.69, 9.17) is 9.47 Å². The van der Waals surface area contributed by atoms with Crippen LogP contribution in [0.25, 0.3) is 0 Å². The summed E-state index contributed by atoms with van der Waals surface area (Å²) in [6.07, 6.45) is 0.368. The van der Waals surface area contributed by atoms with Crippen LogP contribution >= 0.6 is 0 Å². The van der Waals surface area contributed by atoms with Gasteiger partial charge in [0.05, 0.1) is 41.7 Å². The molecule has 0 aliphatic carbocycles. The number of carbonyl (C=O) groups is 4. The molecule has 0 spiro atoms. The highest BCUT2D eigenvalue weighted by Gasteiger charge is 2.17. The molecule has 33 heavy (non-hydrogen) atoms. The van der Waals surface area contributed by atoms with E-state index in [1.807, 2.05) is 0 Å². The van der Waals surface area contributed by atoms with Gasteiger partial charge in [-0.05, 0) is 0 Å². The fourth-order valence-corrected chi connectivity index (χ4v) is 2.45. The Hall–Kier alpha value is -4.22. The van der Waals surface area contributed by atoms with Gasteiger partial charge < -0.3 is 28.4 Å². The van der Waals surface area contributed by atoms with E-state index in [9.17, 15) is 19.2 Å². The summed E-state index contributed by atoms with van der Waals surface area (Å²) in [4.78, 5) is 54.9. The van der Waals surface area contributed by atoms with Crippen LogP contribution in [0.2, 0.25) is 0 Å². The summed E-state index contributed by atoms with van der Waals surface area (Å²) in [7, 11) is 4.73. The number of rotatable bonds is 10. The Kier molecular flexibility index (Phi) is 9.09. The van der Waals surface area contributed by atoms with Crippen LogP contribution < -0.4 is 9.47 Å². The number of ether oxygens (including phenoxy) is 6. The number of carbonyl (C=O) groups excluding carboxylic acids is 4. The van der Waals surface area contributed by atoms with Crippen molar-refractivity contribution in [2.45, 2.75) is 6.42 Å². The van der Waals surface area contributed by atoms with E-state index in [0.29, 0.717) is 6.42 Å². The molecule has 0 atom stereocenters. The van der Waals surface area contributed by atoms with Gasteiger partial charge in [0.25, 0.3) is 0 Å². The number of aromatic nitrogens is 2. The fourth-order valence-electron chi connectivity index (χ4n) is 2.45. The maximum Gasteiger partial charge on any atom is 0.356 e. The van der Waals surface area contributed by atoms with Crippen LogP contribution in [0.3, 0.4) is 0 Å². The number of nitrogens with zero attached hydrogens (tertiary/aromatic N) is 2. The largest absolute Gasteiger partial charge is 0.493 e. The second-order valence-electron chi connectivity index (χ2n) is 6.16. The van der Waals surface area contributed by atoms with Crippen molar-refractivity contribution in [3.63, 3.8) is 0 Å². The molecule has 12 nitrogen and oxygen atoms in total. The molecule has 0 saturated carbocycles. The van der Waals surface area contributed by atoms with Crippen LogP contribution in [0.5, 0.6) is 11.5 Å². The Morgan fingerprint density at radius 3 is 1.09 bits per heavy atom. The van der Waals surface area contributed by atoms with E-state index in [-0.39, 0.29) is 47.5 Å². The number of esters is 4. The molecule has 0 aromatic carbocycles. The van der Waals surface area contributed by atoms with Crippen LogP contribution in [0.1, 0.15) is 48.4 Å². The van der Waals surface area contributed by atoms with E-state index in [2.05, 4.69) is 28.9 Å². The van der Waals surface area contributed by atoms with Gasteiger partial charge in [0.2, 0.25) is 0 Å². The highest BCUT2D eigenvalue weighted by atomic mass is 16.5. The van der Waals surface area contributed by atoms with Gasteiger partial charge in [0, 0.05) is 30.7 Å². The molecule has 0 saturated heterocycles. The Morgan fingerprint density at radius 2 is 0.848 bits per heavy atom. The van der Waals surface area contributed by atoms with Gasteiger partial charge >= 0.3 is 23.9 Å². The second-order valence-corrected chi connectivity index (χ2v) is 6.16. The van der Waals surface area contributed by atoms with Crippen molar-refractivity contribution >= 4 is 23.9 Å². The minimum Gasteiger partial charge on any atom is -0.493 e. The molecule has 2 rings (SSSR count). The van der Waals surface area contributed by atoms with Crippen LogP contribution in [-0.2, 0) is 18.9 Å². The molecule has 2 aromatic rings. The van der Waals surface area contributed by atoms with Crippen molar-refractivity contribution in [3.8, 4) is 11.5 Å². The lowest BCUT2D eigenvalue weighted by Crippen LogP contribution is -2.13. The topological polar surface area (TPSA) is 149 Å². The first-order valence-corrected chi connectivity index (χ1v) is 9.46. The zero-order chi connectivity index (χ0) is 24.4. The van der Waals surface area contributed by atoms with Crippen molar-refractivity contribution in [3.05, 3.63) is 47.0 Å². The summed E-state index contributed by atoms with van der Waals surface area (Å²) in [5, 5.41) is 0. The maximum atomic E-state index is 11.8. The average Bonchev–Trinajstić information content (AvgIpc) is 2.85. The van der Waals surface area contributed by atoms with Crippen LogP contribution in [0.15, 0.2) is 24.3 Å². The molecule has 0 aliphatic heterocycles. The quantitative estimate of drug-likeness (QED) is 0.286. The Bertz CT molecular complexity index is 888. The van der Waals surface area contributed by atoms with Gasteiger partial charge in [-0.1, -0.05) is 0 Å². The normalized spacial score (nSPS) is 10.1. The number of methoxy groups -OCH3 is 4. The van der Waals surface area contributed by atoms with Gasteiger partial charge in [-0.15, -0.1) is 0 Å². The molecule has 0 aliphatic rings. The van der Waals surface area contributed by atoms with E-state index in [1.165, 1.54) is 52.7 Å². The maximum absolute atomic E-state index is 11.8. The highest BCUT2D eigenvalue weighted by Crippen LogP contribution is 2.18. The predicted octanol–water partition coefficient (Wildman–Crippen LogP) is 1.47. The standard InChI is InChI=1S/C21H22N2O10/c1-28-18(24)14-8-12(9-15(22-14)19(25)29-2)32-6-5-7-33-13-10-16(20(26)30-3)23-17(11-13)21(27)31-4/h8-11H,5-7H2,1-4H3. The van der Waals surface area contributed by atoms with Gasteiger partial charge in [-0.3, -0.25) is 0 Å². The molecule has 176 valence electrons. The molecule has 0 N–H and O–H groups in total. The van der Waals surface area contributed by atoms with E-state index in [0.717, 1.165) is 0 Å². The second kappa shape index (κ2) is 12.0. The van der Waals surface area contributed by atoms with Gasteiger partial charge in [0.1, 0.15) is 11.5 Å². The van der Waals surface area contributed by atoms with E-state index < -0.39 is 23.9 Å². The third-order valence-corrected chi connectivity index (χ3v) is 4.00. The lowest BCUT2D eigenvalue weighted by molar-refractivity contribution is 0.0567. The van der Waals surface area contributed by atoms with E-state index >= 15 is 0 Å². The fraction of sp³-hybridized carbons (Fsp3) is 0.333. The summed E-state index contributed by atoms with van der Waals surface area (Å²) in [6, 6.07) is 5.31. The van der Waals surface area contributed by atoms with Crippen LogP contribution in [0, 0.1) is 0 Å². The summed E-state index contributed by atoms with van der Waals surface area (Å²) < 4.78 is 29.6. The highest BCUT2D eigenvalue weighted by molar-refractivity contribution is 5.93. The predicted molar refractivity (Wildman–Crippen MR) is 109 cm³/mol. The molecule has 0 radical (unpaired) electrons.